The molecule has 6 heteroatoms. The average Bonchev–Trinajstić information content (AvgIpc) is 2.55. The van der Waals surface area contributed by atoms with E-state index < -0.39 is 0 Å². The van der Waals surface area contributed by atoms with Crippen molar-refractivity contribution in [1.29, 1.82) is 0 Å². The second kappa shape index (κ2) is 5.36. The van der Waals surface area contributed by atoms with E-state index in [1.54, 1.807) is 4.90 Å². The Labute approximate surface area is 114 Å². The molecule has 3 N–H and O–H groups in total. The number of hydrogen-bond acceptors (Lipinski definition) is 3. The van der Waals surface area contributed by atoms with Gasteiger partial charge < -0.3 is 20.9 Å². The molecular weight excluding hydrogens is 244 g/mol. The number of amides is 3. The molecule has 2 fully saturated rings. The molecule has 0 saturated carbocycles. The molecule has 19 heavy (non-hydrogen) atoms. The number of carbonyl (C=O) groups is 2. The van der Waals surface area contributed by atoms with Crippen LogP contribution in [0.1, 0.15) is 27.2 Å². The van der Waals surface area contributed by atoms with Gasteiger partial charge in [0.2, 0.25) is 5.91 Å². The molecule has 2 heterocycles. The third-order valence-corrected chi connectivity index (χ3v) is 4.13. The highest BCUT2D eigenvalue weighted by Crippen LogP contribution is 2.21. The Balaban J connectivity index is 1.77. The number of carbonyl (C=O) groups excluding carboxylic acids is 2. The molecule has 0 aromatic rings. The zero-order valence-corrected chi connectivity index (χ0v) is 11.9. The highest BCUT2D eigenvalue weighted by Gasteiger charge is 2.40. The summed E-state index contributed by atoms with van der Waals surface area (Å²) in [5.41, 5.74) is 5.77. The summed E-state index contributed by atoms with van der Waals surface area (Å²) in [4.78, 5) is 27.2. The quantitative estimate of drug-likeness (QED) is 0.755. The smallest absolute Gasteiger partial charge is 0.317 e. The van der Waals surface area contributed by atoms with Crippen LogP contribution in [0.5, 0.6) is 0 Å². The summed E-state index contributed by atoms with van der Waals surface area (Å²) in [6, 6.07) is 0.235. The lowest BCUT2D eigenvalue weighted by Crippen LogP contribution is -2.64. The zero-order chi connectivity index (χ0) is 14.2. The van der Waals surface area contributed by atoms with Gasteiger partial charge in [0.05, 0.1) is 6.04 Å². The standard InChI is InChI=1S/C13H24N4O2/c1-8(2)9(3)15-13(19)16-6-11(7-16)17-5-10(14)4-12(17)18/h8-11H,4-7,14H2,1-3H3,(H,15,19). The van der Waals surface area contributed by atoms with Crippen molar-refractivity contribution in [2.24, 2.45) is 11.7 Å². The van der Waals surface area contributed by atoms with Gasteiger partial charge in [0, 0.05) is 38.1 Å². The van der Waals surface area contributed by atoms with Gasteiger partial charge in [-0.2, -0.15) is 0 Å². The molecule has 2 saturated heterocycles. The number of nitrogens with one attached hydrogen (secondary N) is 1. The number of nitrogens with two attached hydrogens (primary N) is 1. The molecule has 3 amide bonds. The van der Waals surface area contributed by atoms with E-state index in [0.717, 1.165) is 0 Å². The van der Waals surface area contributed by atoms with Crippen molar-refractivity contribution in [3.05, 3.63) is 0 Å². The molecule has 108 valence electrons. The van der Waals surface area contributed by atoms with Gasteiger partial charge in [-0.3, -0.25) is 4.79 Å². The number of likely N-dealkylation sites (tertiary alicyclic amines) is 2. The maximum Gasteiger partial charge on any atom is 0.317 e. The average molecular weight is 268 g/mol. The highest BCUT2D eigenvalue weighted by atomic mass is 16.2. The van der Waals surface area contributed by atoms with Gasteiger partial charge in [-0.1, -0.05) is 13.8 Å². The molecule has 2 atom stereocenters. The van der Waals surface area contributed by atoms with Crippen molar-refractivity contribution < 1.29 is 9.59 Å². The van der Waals surface area contributed by atoms with Crippen molar-refractivity contribution >= 4 is 11.9 Å². The SMILES string of the molecule is CC(C)C(C)NC(=O)N1CC(N2CC(N)CC2=O)C1. The Bertz CT molecular complexity index is 366. The van der Waals surface area contributed by atoms with Crippen LogP contribution in [0.15, 0.2) is 0 Å². The highest BCUT2D eigenvalue weighted by molar-refractivity contribution is 5.81. The van der Waals surface area contributed by atoms with Crippen LogP contribution < -0.4 is 11.1 Å². The van der Waals surface area contributed by atoms with Gasteiger partial charge in [0.15, 0.2) is 0 Å². The molecule has 2 unspecified atom stereocenters. The summed E-state index contributed by atoms with van der Waals surface area (Å²) in [5.74, 6) is 0.535. The van der Waals surface area contributed by atoms with E-state index in [4.69, 9.17) is 5.73 Å². The van der Waals surface area contributed by atoms with E-state index in [9.17, 15) is 9.59 Å². The zero-order valence-electron chi connectivity index (χ0n) is 11.9. The Morgan fingerprint density at radius 3 is 2.42 bits per heavy atom. The molecule has 2 aliphatic heterocycles. The van der Waals surface area contributed by atoms with Crippen molar-refractivity contribution in [3.63, 3.8) is 0 Å². The third kappa shape index (κ3) is 3.00. The number of nitrogens with zero attached hydrogens (tertiary/aromatic N) is 2. The summed E-state index contributed by atoms with van der Waals surface area (Å²) < 4.78 is 0. The maximum atomic E-state index is 11.9. The van der Waals surface area contributed by atoms with E-state index in [2.05, 4.69) is 19.2 Å². The summed E-state index contributed by atoms with van der Waals surface area (Å²) in [6.07, 6.45) is 0.438. The molecule has 6 nitrogen and oxygen atoms in total. The lowest BCUT2D eigenvalue weighted by molar-refractivity contribution is -0.132. The lowest BCUT2D eigenvalue weighted by atomic mass is 10.1. The van der Waals surface area contributed by atoms with Crippen LogP contribution in [0.3, 0.4) is 0 Å². The summed E-state index contributed by atoms with van der Waals surface area (Å²) in [7, 11) is 0. The molecule has 2 rings (SSSR count). The second-order valence-corrected chi connectivity index (χ2v) is 6.05. The van der Waals surface area contributed by atoms with Crippen molar-refractivity contribution in [2.75, 3.05) is 19.6 Å². The van der Waals surface area contributed by atoms with Gasteiger partial charge in [0.1, 0.15) is 0 Å². The largest absolute Gasteiger partial charge is 0.335 e. The first kappa shape index (κ1) is 14.1. The minimum Gasteiger partial charge on any atom is -0.335 e. The topological polar surface area (TPSA) is 78.7 Å². The first-order chi connectivity index (χ1) is 8.88. The van der Waals surface area contributed by atoms with Crippen molar-refractivity contribution in [3.8, 4) is 0 Å². The Morgan fingerprint density at radius 2 is 1.95 bits per heavy atom. The summed E-state index contributed by atoms with van der Waals surface area (Å²) >= 11 is 0. The maximum absolute atomic E-state index is 11.9. The molecule has 0 radical (unpaired) electrons. The van der Waals surface area contributed by atoms with Crippen LogP contribution in [-0.2, 0) is 4.79 Å². The van der Waals surface area contributed by atoms with E-state index in [1.165, 1.54) is 0 Å². The first-order valence-electron chi connectivity index (χ1n) is 6.99. The normalized spacial score (nSPS) is 25.7. The van der Waals surface area contributed by atoms with Crippen LogP contribution >= 0.6 is 0 Å². The van der Waals surface area contributed by atoms with E-state index in [0.29, 0.717) is 32.0 Å². The molecule has 0 aliphatic carbocycles. The monoisotopic (exact) mass is 268 g/mol. The summed E-state index contributed by atoms with van der Waals surface area (Å²) in [6.45, 7) is 8.02. The van der Waals surface area contributed by atoms with Crippen LogP contribution in [0.25, 0.3) is 0 Å². The Hall–Kier alpha value is -1.30. The number of hydrogen-bond donors (Lipinski definition) is 2. The van der Waals surface area contributed by atoms with Crippen LogP contribution in [0, 0.1) is 5.92 Å². The summed E-state index contributed by atoms with van der Waals surface area (Å²) in [5, 5.41) is 2.97. The van der Waals surface area contributed by atoms with E-state index in [-0.39, 0.29) is 30.1 Å². The molecule has 0 bridgehead atoms. The predicted molar refractivity (Wildman–Crippen MR) is 72.5 cm³/mol. The predicted octanol–water partition coefficient (Wildman–Crippen LogP) is -0.0157. The molecule has 2 aliphatic rings. The molecular formula is C13H24N4O2. The van der Waals surface area contributed by atoms with Crippen LogP contribution in [0.4, 0.5) is 4.79 Å². The molecule has 0 aromatic heterocycles. The third-order valence-electron chi connectivity index (χ3n) is 4.13. The number of urea groups is 1. The minimum atomic E-state index is -0.0451. The first-order valence-corrected chi connectivity index (χ1v) is 6.99. The minimum absolute atomic E-state index is 0.0339. The number of rotatable bonds is 3. The van der Waals surface area contributed by atoms with Crippen LogP contribution in [0.2, 0.25) is 0 Å². The fraction of sp³-hybridized carbons (Fsp3) is 0.846. The van der Waals surface area contributed by atoms with E-state index in [1.807, 2.05) is 11.8 Å². The van der Waals surface area contributed by atoms with Crippen molar-refractivity contribution in [1.82, 2.24) is 15.1 Å². The van der Waals surface area contributed by atoms with Crippen molar-refractivity contribution in [2.45, 2.75) is 45.3 Å². The van der Waals surface area contributed by atoms with Gasteiger partial charge in [-0.05, 0) is 12.8 Å². The van der Waals surface area contributed by atoms with Crippen LogP contribution in [-0.4, -0.2) is 59.5 Å². The van der Waals surface area contributed by atoms with Gasteiger partial charge in [-0.15, -0.1) is 0 Å². The Morgan fingerprint density at radius 1 is 1.32 bits per heavy atom. The fourth-order valence-electron chi connectivity index (χ4n) is 2.38. The molecule has 0 aromatic carbocycles. The second-order valence-electron chi connectivity index (χ2n) is 6.05. The molecule has 0 spiro atoms. The van der Waals surface area contributed by atoms with Gasteiger partial charge >= 0.3 is 6.03 Å². The fourth-order valence-corrected chi connectivity index (χ4v) is 2.38. The lowest BCUT2D eigenvalue weighted by Gasteiger charge is -2.44. The van der Waals surface area contributed by atoms with Gasteiger partial charge in [0.25, 0.3) is 0 Å². The van der Waals surface area contributed by atoms with E-state index >= 15 is 0 Å². The van der Waals surface area contributed by atoms with Gasteiger partial charge in [-0.25, -0.2) is 4.79 Å². The Kier molecular flexibility index (Phi) is 3.99.